The first-order valence-electron chi connectivity index (χ1n) is 6.24. The highest BCUT2D eigenvalue weighted by molar-refractivity contribution is 6.58. The molecular weight excluding hydrogens is 241 g/mol. The minimum Gasteiger partial charge on any atom is -0.423 e. The molecule has 0 bridgehead atoms. The Bertz CT molecular complexity index is 622. The average molecular weight is 257 g/mol. The molecule has 5 heteroatoms. The van der Waals surface area contributed by atoms with Crippen molar-refractivity contribution >= 4 is 12.6 Å². The molecule has 2 aromatic rings. The topological polar surface area (TPSA) is 62.5 Å². The maximum Gasteiger partial charge on any atom is 0.488 e. The first kappa shape index (κ1) is 13.6. The van der Waals surface area contributed by atoms with E-state index in [0.29, 0.717) is 6.54 Å². The van der Waals surface area contributed by atoms with Gasteiger partial charge in [-0.25, -0.2) is 0 Å². The van der Waals surface area contributed by atoms with E-state index >= 15 is 0 Å². The van der Waals surface area contributed by atoms with Gasteiger partial charge < -0.3 is 14.6 Å². The van der Waals surface area contributed by atoms with Gasteiger partial charge in [0.15, 0.2) is 0 Å². The van der Waals surface area contributed by atoms with Crippen LogP contribution in [0, 0.1) is 0 Å². The first-order valence-corrected chi connectivity index (χ1v) is 6.24. The second-order valence-electron chi connectivity index (χ2n) is 4.47. The quantitative estimate of drug-likeness (QED) is 0.766. The second-order valence-corrected chi connectivity index (χ2v) is 4.47. The van der Waals surface area contributed by atoms with Crippen LogP contribution in [-0.2, 0) is 13.0 Å². The monoisotopic (exact) mass is 257 g/mol. The lowest BCUT2D eigenvalue weighted by molar-refractivity contribution is 0.425. The maximum atomic E-state index is 11.8. The number of aromatic nitrogens is 1. The van der Waals surface area contributed by atoms with E-state index in [-0.39, 0.29) is 11.0 Å². The van der Waals surface area contributed by atoms with Crippen molar-refractivity contribution in [3.63, 3.8) is 0 Å². The molecule has 0 fully saturated rings. The standard InChI is InChI=1S/C14H16BNO3/c1-2-11-4-3-5-12(8-11)10-16-7-6-13(15(18)19)9-14(16)17/h3-9,18-19H,2,10H2,1H3. The van der Waals surface area contributed by atoms with Gasteiger partial charge in [0.1, 0.15) is 0 Å². The lowest BCUT2D eigenvalue weighted by Gasteiger charge is -2.08. The van der Waals surface area contributed by atoms with Gasteiger partial charge >= 0.3 is 7.12 Å². The van der Waals surface area contributed by atoms with E-state index in [1.165, 1.54) is 17.7 Å². The van der Waals surface area contributed by atoms with E-state index in [9.17, 15) is 4.79 Å². The van der Waals surface area contributed by atoms with Crippen LogP contribution < -0.4 is 11.0 Å². The summed E-state index contributed by atoms with van der Waals surface area (Å²) >= 11 is 0. The first-order chi connectivity index (χ1) is 9.10. The van der Waals surface area contributed by atoms with Crippen LogP contribution in [0.2, 0.25) is 0 Å². The van der Waals surface area contributed by atoms with E-state index in [0.717, 1.165) is 12.0 Å². The maximum absolute atomic E-state index is 11.8. The van der Waals surface area contributed by atoms with E-state index in [1.54, 1.807) is 10.8 Å². The molecule has 0 amide bonds. The molecule has 1 aromatic carbocycles. The number of pyridine rings is 1. The molecule has 4 nitrogen and oxygen atoms in total. The summed E-state index contributed by atoms with van der Waals surface area (Å²) in [4.78, 5) is 11.8. The van der Waals surface area contributed by atoms with Crippen LogP contribution in [0.25, 0.3) is 0 Å². The summed E-state index contributed by atoms with van der Waals surface area (Å²) in [5.74, 6) is 0. The van der Waals surface area contributed by atoms with Gasteiger partial charge in [-0.1, -0.05) is 31.2 Å². The molecule has 2 N–H and O–H groups in total. The zero-order valence-electron chi connectivity index (χ0n) is 10.8. The number of hydrogen-bond acceptors (Lipinski definition) is 3. The van der Waals surface area contributed by atoms with Gasteiger partial charge in [-0.05, 0) is 29.1 Å². The summed E-state index contributed by atoms with van der Waals surface area (Å²) in [6.07, 6.45) is 2.54. The molecule has 0 saturated heterocycles. The fourth-order valence-corrected chi connectivity index (χ4v) is 1.96. The Morgan fingerprint density at radius 1 is 1.16 bits per heavy atom. The van der Waals surface area contributed by atoms with Gasteiger partial charge in [-0.2, -0.15) is 0 Å². The van der Waals surface area contributed by atoms with Gasteiger partial charge in [-0.15, -0.1) is 0 Å². The Morgan fingerprint density at radius 2 is 1.89 bits per heavy atom. The molecule has 1 aromatic heterocycles. The molecule has 0 spiro atoms. The van der Waals surface area contributed by atoms with Crippen LogP contribution in [0.3, 0.4) is 0 Å². The lowest BCUT2D eigenvalue weighted by Crippen LogP contribution is -2.35. The van der Waals surface area contributed by atoms with Crippen LogP contribution >= 0.6 is 0 Å². The highest BCUT2D eigenvalue weighted by Gasteiger charge is 2.11. The Kier molecular flexibility index (Phi) is 4.19. The van der Waals surface area contributed by atoms with E-state index in [1.807, 2.05) is 12.1 Å². The molecule has 0 aliphatic carbocycles. The zero-order valence-corrected chi connectivity index (χ0v) is 10.8. The molecular formula is C14H16BNO3. The van der Waals surface area contributed by atoms with Crippen LogP contribution in [0.5, 0.6) is 0 Å². The SMILES string of the molecule is CCc1cccc(Cn2ccc(B(O)O)cc2=O)c1. The fourth-order valence-electron chi connectivity index (χ4n) is 1.96. The number of hydrogen-bond donors (Lipinski definition) is 2. The molecule has 2 rings (SSSR count). The van der Waals surface area contributed by atoms with Crippen molar-refractivity contribution in [1.82, 2.24) is 4.57 Å². The number of benzene rings is 1. The van der Waals surface area contributed by atoms with E-state index in [4.69, 9.17) is 10.0 Å². The van der Waals surface area contributed by atoms with Crippen molar-refractivity contribution < 1.29 is 10.0 Å². The Morgan fingerprint density at radius 3 is 2.53 bits per heavy atom. The highest BCUT2D eigenvalue weighted by atomic mass is 16.4. The molecule has 0 aliphatic heterocycles. The summed E-state index contributed by atoms with van der Waals surface area (Å²) in [6.45, 7) is 2.57. The molecule has 98 valence electrons. The predicted octanol–water partition coefficient (Wildman–Crippen LogP) is 0.139. The average Bonchev–Trinajstić information content (AvgIpc) is 2.41. The molecule has 1 heterocycles. The third-order valence-electron chi connectivity index (χ3n) is 3.07. The highest BCUT2D eigenvalue weighted by Crippen LogP contribution is 2.06. The van der Waals surface area contributed by atoms with E-state index in [2.05, 4.69) is 19.1 Å². The molecule has 19 heavy (non-hydrogen) atoms. The van der Waals surface area contributed by atoms with Crippen LogP contribution in [0.15, 0.2) is 47.4 Å². The summed E-state index contributed by atoms with van der Waals surface area (Å²) in [7, 11) is -1.61. The molecule has 0 atom stereocenters. The largest absolute Gasteiger partial charge is 0.488 e. The minimum atomic E-state index is -1.61. The van der Waals surface area contributed by atoms with Crippen molar-refractivity contribution in [2.45, 2.75) is 19.9 Å². The molecule has 0 saturated carbocycles. The van der Waals surface area contributed by atoms with Gasteiger partial charge in [-0.3, -0.25) is 4.79 Å². The Balaban J connectivity index is 2.26. The number of nitrogens with zero attached hydrogens (tertiary/aromatic N) is 1. The third-order valence-corrected chi connectivity index (χ3v) is 3.07. The van der Waals surface area contributed by atoms with E-state index < -0.39 is 7.12 Å². The molecule has 0 aliphatic rings. The normalized spacial score (nSPS) is 10.5. The summed E-state index contributed by atoms with van der Waals surface area (Å²) in [5, 5.41) is 18.0. The summed E-state index contributed by atoms with van der Waals surface area (Å²) in [6, 6.07) is 10.9. The predicted molar refractivity (Wildman–Crippen MR) is 75.4 cm³/mol. The van der Waals surface area contributed by atoms with Crippen LogP contribution in [-0.4, -0.2) is 21.7 Å². The number of rotatable bonds is 4. The molecule has 0 unspecified atom stereocenters. The van der Waals surface area contributed by atoms with Crippen LogP contribution in [0.1, 0.15) is 18.1 Å². The van der Waals surface area contributed by atoms with Crippen molar-refractivity contribution in [3.8, 4) is 0 Å². The summed E-state index contributed by atoms with van der Waals surface area (Å²) in [5.41, 5.74) is 2.25. The van der Waals surface area contributed by atoms with Crippen LogP contribution in [0.4, 0.5) is 0 Å². The third kappa shape index (κ3) is 3.33. The van der Waals surface area contributed by atoms with Gasteiger partial charge in [0.2, 0.25) is 5.56 Å². The second kappa shape index (κ2) is 5.86. The van der Waals surface area contributed by atoms with Gasteiger partial charge in [0.25, 0.3) is 0 Å². The smallest absolute Gasteiger partial charge is 0.423 e. The Labute approximate surface area is 112 Å². The zero-order chi connectivity index (χ0) is 13.8. The van der Waals surface area contributed by atoms with Crippen molar-refractivity contribution in [3.05, 3.63) is 64.1 Å². The summed E-state index contributed by atoms with van der Waals surface area (Å²) < 4.78 is 1.54. The lowest BCUT2D eigenvalue weighted by atomic mass is 9.81. The Hall–Kier alpha value is -1.85. The number of aryl methyl sites for hydroxylation is 1. The van der Waals surface area contributed by atoms with Crippen molar-refractivity contribution in [1.29, 1.82) is 0 Å². The van der Waals surface area contributed by atoms with Crippen molar-refractivity contribution in [2.24, 2.45) is 0 Å². The van der Waals surface area contributed by atoms with Crippen molar-refractivity contribution in [2.75, 3.05) is 0 Å². The minimum absolute atomic E-state index is 0.212. The molecule has 0 radical (unpaired) electrons. The van der Waals surface area contributed by atoms with Gasteiger partial charge in [0.05, 0.1) is 6.54 Å². The fraction of sp³-hybridized carbons (Fsp3) is 0.214. The van der Waals surface area contributed by atoms with Gasteiger partial charge in [0, 0.05) is 12.3 Å².